The first-order valence-corrected chi connectivity index (χ1v) is 6.60. The van der Waals surface area contributed by atoms with E-state index in [9.17, 15) is 0 Å². The van der Waals surface area contributed by atoms with Gasteiger partial charge in [0.2, 0.25) is 0 Å². The fourth-order valence-electron chi connectivity index (χ4n) is 2.13. The minimum atomic E-state index is 0.0727. The quantitative estimate of drug-likeness (QED) is 0.915. The summed E-state index contributed by atoms with van der Waals surface area (Å²) in [5.41, 5.74) is 3.54. The van der Waals surface area contributed by atoms with Crippen LogP contribution in [0, 0.1) is 0 Å². The lowest BCUT2D eigenvalue weighted by atomic mass is 9.89. The molecule has 4 nitrogen and oxygen atoms in total. The Bertz CT molecular complexity index is 523. The van der Waals surface area contributed by atoms with Crippen molar-refractivity contribution in [2.24, 2.45) is 7.05 Å². The van der Waals surface area contributed by atoms with E-state index < -0.39 is 0 Å². The molecule has 0 aromatic carbocycles. The van der Waals surface area contributed by atoms with Gasteiger partial charge < -0.3 is 5.32 Å². The Kier molecular flexibility index (Phi) is 4.00. The lowest BCUT2D eigenvalue weighted by Gasteiger charge is -2.17. The van der Waals surface area contributed by atoms with Crippen LogP contribution in [-0.4, -0.2) is 14.8 Å². The zero-order valence-electron chi connectivity index (χ0n) is 12.1. The highest BCUT2D eigenvalue weighted by atomic mass is 15.3. The lowest BCUT2D eigenvalue weighted by molar-refractivity contribution is 0.543. The molecule has 4 heteroatoms. The molecule has 0 atom stereocenters. The van der Waals surface area contributed by atoms with Gasteiger partial charge >= 0.3 is 0 Å². The van der Waals surface area contributed by atoms with Crippen molar-refractivity contribution in [3.05, 3.63) is 47.5 Å². The predicted octanol–water partition coefficient (Wildman–Crippen LogP) is 2.40. The topological polar surface area (TPSA) is 42.7 Å². The molecular formula is C15H22N4. The second-order valence-corrected chi connectivity index (χ2v) is 5.85. The molecule has 2 heterocycles. The minimum Gasteiger partial charge on any atom is -0.307 e. The first-order valence-electron chi connectivity index (χ1n) is 6.60. The van der Waals surface area contributed by atoms with Gasteiger partial charge in [0, 0.05) is 43.5 Å². The van der Waals surface area contributed by atoms with E-state index in [1.165, 1.54) is 5.56 Å². The Labute approximate surface area is 114 Å². The Balaban J connectivity index is 2.00. The highest BCUT2D eigenvalue weighted by Crippen LogP contribution is 2.23. The molecule has 0 spiro atoms. The summed E-state index contributed by atoms with van der Waals surface area (Å²) in [5, 5.41) is 8.00. The van der Waals surface area contributed by atoms with Crippen LogP contribution in [0.3, 0.4) is 0 Å². The molecule has 2 rings (SSSR count). The first-order chi connectivity index (χ1) is 8.97. The van der Waals surface area contributed by atoms with Gasteiger partial charge in [-0.2, -0.15) is 5.10 Å². The largest absolute Gasteiger partial charge is 0.307 e. The van der Waals surface area contributed by atoms with E-state index in [1.807, 2.05) is 36.1 Å². The van der Waals surface area contributed by atoms with Crippen LogP contribution in [-0.2, 0) is 25.6 Å². The summed E-state index contributed by atoms with van der Waals surface area (Å²) in [5.74, 6) is 0. The van der Waals surface area contributed by atoms with Crippen molar-refractivity contribution < 1.29 is 0 Å². The third-order valence-corrected chi connectivity index (χ3v) is 2.96. The fraction of sp³-hybridized carbons (Fsp3) is 0.467. The molecule has 1 N–H and O–H groups in total. The smallest absolute Gasteiger partial charge is 0.0722 e. The van der Waals surface area contributed by atoms with Crippen LogP contribution >= 0.6 is 0 Å². The van der Waals surface area contributed by atoms with E-state index in [1.54, 1.807) is 0 Å². The Morgan fingerprint density at radius 2 is 2.00 bits per heavy atom. The maximum Gasteiger partial charge on any atom is 0.0722 e. The number of aromatic nitrogens is 3. The van der Waals surface area contributed by atoms with E-state index >= 15 is 0 Å². The lowest BCUT2D eigenvalue weighted by Crippen LogP contribution is -2.19. The van der Waals surface area contributed by atoms with Crippen molar-refractivity contribution in [2.75, 3.05) is 0 Å². The van der Waals surface area contributed by atoms with Gasteiger partial charge in [0.15, 0.2) is 0 Å². The summed E-state index contributed by atoms with van der Waals surface area (Å²) < 4.78 is 1.89. The SMILES string of the molecule is Cn1cc(CNCc2ccccn2)c(C(C)(C)C)n1. The maximum absolute atomic E-state index is 4.57. The van der Waals surface area contributed by atoms with E-state index in [0.29, 0.717) is 0 Å². The van der Waals surface area contributed by atoms with E-state index in [-0.39, 0.29) is 5.41 Å². The Morgan fingerprint density at radius 1 is 1.21 bits per heavy atom. The summed E-state index contributed by atoms with van der Waals surface area (Å²) in [4.78, 5) is 4.30. The molecule has 0 fully saturated rings. The van der Waals surface area contributed by atoms with Crippen molar-refractivity contribution in [3.63, 3.8) is 0 Å². The molecule has 102 valence electrons. The first kappa shape index (κ1) is 13.7. The number of nitrogens with zero attached hydrogens (tertiary/aromatic N) is 3. The fourth-order valence-corrected chi connectivity index (χ4v) is 2.13. The number of pyridine rings is 1. The maximum atomic E-state index is 4.57. The zero-order valence-corrected chi connectivity index (χ0v) is 12.1. The van der Waals surface area contributed by atoms with Gasteiger partial charge in [-0.3, -0.25) is 9.67 Å². The molecule has 0 saturated heterocycles. The monoisotopic (exact) mass is 258 g/mol. The van der Waals surface area contributed by atoms with Gasteiger partial charge in [0.05, 0.1) is 11.4 Å². The third kappa shape index (κ3) is 3.64. The van der Waals surface area contributed by atoms with Crippen LogP contribution in [0.25, 0.3) is 0 Å². The van der Waals surface area contributed by atoms with Crippen molar-refractivity contribution in [3.8, 4) is 0 Å². The van der Waals surface area contributed by atoms with Gasteiger partial charge in [-0.05, 0) is 12.1 Å². The van der Waals surface area contributed by atoms with Crippen molar-refractivity contribution in [1.29, 1.82) is 0 Å². The number of hydrogen-bond donors (Lipinski definition) is 1. The number of rotatable bonds is 4. The molecule has 19 heavy (non-hydrogen) atoms. The molecule has 2 aromatic heterocycles. The number of nitrogens with one attached hydrogen (secondary N) is 1. The summed E-state index contributed by atoms with van der Waals surface area (Å²) in [6.07, 6.45) is 3.91. The molecule has 0 bridgehead atoms. The molecule has 0 unspecified atom stereocenters. The standard InChI is InChI=1S/C15H22N4/c1-15(2,3)14-12(11-19(4)18-14)9-16-10-13-7-5-6-8-17-13/h5-8,11,16H,9-10H2,1-4H3. The number of hydrogen-bond acceptors (Lipinski definition) is 3. The summed E-state index contributed by atoms with van der Waals surface area (Å²) >= 11 is 0. The van der Waals surface area contributed by atoms with Crippen molar-refractivity contribution in [2.45, 2.75) is 39.3 Å². The van der Waals surface area contributed by atoms with Crippen LogP contribution in [0.4, 0.5) is 0 Å². The zero-order chi connectivity index (χ0) is 13.9. The molecule has 0 saturated carbocycles. The Hall–Kier alpha value is -1.68. The van der Waals surface area contributed by atoms with Gasteiger partial charge in [-0.1, -0.05) is 26.8 Å². The van der Waals surface area contributed by atoms with Crippen LogP contribution in [0.1, 0.15) is 37.7 Å². The predicted molar refractivity (Wildman–Crippen MR) is 76.7 cm³/mol. The molecule has 2 aromatic rings. The summed E-state index contributed by atoms with van der Waals surface area (Å²) in [6.45, 7) is 8.17. The van der Waals surface area contributed by atoms with Crippen molar-refractivity contribution in [1.82, 2.24) is 20.1 Å². The second kappa shape index (κ2) is 5.53. The second-order valence-electron chi connectivity index (χ2n) is 5.85. The molecule has 0 aliphatic carbocycles. The minimum absolute atomic E-state index is 0.0727. The summed E-state index contributed by atoms with van der Waals surface area (Å²) in [7, 11) is 1.97. The third-order valence-electron chi connectivity index (χ3n) is 2.96. The van der Waals surface area contributed by atoms with E-state index in [4.69, 9.17) is 0 Å². The normalized spacial score (nSPS) is 11.8. The number of aryl methyl sites for hydroxylation is 1. The average Bonchev–Trinajstić information content (AvgIpc) is 2.72. The highest BCUT2D eigenvalue weighted by molar-refractivity contribution is 5.24. The van der Waals surface area contributed by atoms with Crippen LogP contribution < -0.4 is 5.32 Å². The molecule has 0 aliphatic rings. The van der Waals surface area contributed by atoms with Crippen LogP contribution in [0.15, 0.2) is 30.6 Å². The average molecular weight is 258 g/mol. The molecular weight excluding hydrogens is 236 g/mol. The molecule has 0 radical (unpaired) electrons. The summed E-state index contributed by atoms with van der Waals surface area (Å²) in [6, 6.07) is 5.97. The van der Waals surface area contributed by atoms with Crippen LogP contribution in [0.5, 0.6) is 0 Å². The molecule has 0 aliphatic heterocycles. The van der Waals surface area contributed by atoms with E-state index in [0.717, 1.165) is 24.5 Å². The van der Waals surface area contributed by atoms with Crippen LogP contribution in [0.2, 0.25) is 0 Å². The van der Waals surface area contributed by atoms with E-state index in [2.05, 4.69) is 42.4 Å². The molecule has 0 amide bonds. The van der Waals surface area contributed by atoms with Gasteiger partial charge in [-0.25, -0.2) is 0 Å². The van der Waals surface area contributed by atoms with Crippen molar-refractivity contribution >= 4 is 0 Å². The highest BCUT2D eigenvalue weighted by Gasteiger charge is 2.21. The van der Waals surface area contributed by atoms with Gasteiger partial charge in [0.1, 0.15) is 0 Å². The van der Waals surface area contributed by atoms with Gasteiger partial charge in [0.25, 0.3) is 0 Å². The Morgan fingerprint density at radius 3 is 2.63 bits per heavy atom. The van der Waals surface area contributed by atoms with Gasteiger partial charge in [-0.15, -0.1) is 0 Å².